The standard InChI is InChI=1S/C18H34N2/c1-4-15-7-5-8-16(11-15)20-12-17-9-6-10-19(17)13-18(20)14(2)3/h14-18H,4-13H2,1-3H3. The van der Waals surface area contributed by atoms with Crippen LogP contribution in [0.5, 0.6) is 0 Å². The zero-order chi connectivity index (χ0) is 14.1. The van der Waals surface area contributed by atoms with E-state index in [-0.39, 0.29) is 0 Å². The van der Waals surface area contributed by atoms with E-state index >= 15 is 0 Å². The van der Waals surface area contributed by atoms with Crippen molar-refractivity contribution < 1.29 is 0 Å². The molecule has 116 valence electrons. The predicted molar refractivity (Wildman–Crippen MR) is 86.0 cm³/mol. The molecule has 20 heavy (non-hydrogen) atoms. The van der Waals surface area contributed by atoms with Crippen molar-refractivity contribution in [3.63, 3.8) is 0 Å². The van der Waals surface area contributed by atoms with Crippen LogP contribution in [0.4, 0.5) is 0 Å². The van der Waals surface area contributed by atoms with Crippen molar-refractivity contribution in [1.82, 2.24) is 9.80 Å². The normalized spacial score (nSPS) is 40.2. The summed E-state index contributed by atoms with van der Waals surface area (Å²) in [6.45, 7) is 11.3. The lowest BCUT2D eigenvalue weighted by molar-refractivity contribution is -0.0166. The molecular weight excluding hydrogens is 244 g/mol. The highest BCUT2D eigenvalue weighted by Crippen LogP contribution is 2.35. The van der Waals surface area contributed by atoms with Gasteiger partial charge < -0.3 is 0 Å². The SMILES string of the molecule is CCC1CCCC(N2CC3CCCN3CC2C(C)C)C1. The number of fused-ring (bicyclic) bond motifs is 1. The lowest BCUT2D eigenvalue weighted by Crippen LogP contribution is -2.61. The summed E-state index contributed by atoms with van der Waals surface area (Å²) in [4.78, 5) is 5.75. The van der Waals surface area contributed by atoms with Gasteiger partial charge in [-0.05, 0) is 44.1 Å². The molecule has 0 bridgehead atoms. The Morgan fingerprint density at radius 1 is 1.00 bits per heavy atom. The van der Waals surface area contributed by atoms with Crippen molar-refractivity contribution in [2.24, 2.45) is 11.8 Å². The second-order valence-electron chi connectivity index (χ2n) is 7.89. The summed E-state index contributed by atoms with van der Waals surface area (Å²) >= 11 is 0. The first kappa shape index (κ1) is 14.8. The van der Waals surface area contributed by atoms with Crippen LogP contribution in [0.3, 0.4) is 0 Å². The molecule has 1 saturated carbocycles. The third-order valence-electron chi connectivity index (χ3n) is 6.34. The second kappa shape index (κ2) is 6.36. The van der Waals surface area contributed by atoms with Gasteiger partial charge in [0.1, 0.15) is 0 Å². The molecule has 1 aliphatic carbocycles. The molecule has 2 nitrogen and oxygen atoms in total. The molecule has 0 N–H and O–H groups in total. The summed E-state index contributed by atoms with van der Waals surface area (Å²) in [6.07, 6.45) is 10.2. The molecule has 0 amide bonds. The van der Waals surface area contributed by atoms with Crippen LogP contribution in [0.25, 0.3) is 0 Å². The Kier molecular flexibility index (Phi) is 4.72. The van der Waals surface area contributed by atoms with E-state index in [4.69, 9.17) is 0 Å². The Morgan fingerprint density at radius 2 is 1.80 bits per heavy atom. The van der Waals surface area contributed by atoms with Gasteiger partial charge >= 0.3 is 0 Å². The molecular formula is C18H34N2. The van der Waals surface area contributed by atoms with Crippen LogP contribution in [0.1, 0.15) is 65.7 Å². The number of rotatable bonds is 3. The Morgan fingerprint density at radius 3 is 2.55 bits per heavy atom. The van der Waals surface area contributed by atoms with Gasteiger partial charge in [-0.1, -0.05) is 40.0 Å². The van der Waals surface area contributed by atoms with Crippen molar-refractivity contribution >= 4 is 0 Å². The van der Waals surface area contributed by atoms with E-state index in [1.54, 1.807) is 0 Å². The van der Waals surface area contributed by atoms with Gasteiger partial charge in [0.15, 0.2) is 0 Å². The Bertz CT molecular complexity index is 315. The number of hydrogen-bond acceptors (Lipinski definition) is 2. The van der Waals surface area contributed by atoms with Crippen LogP contribution in [0.2, 0.25) is 0 Å². The largest absolute Gasteiger partial charge is 0.298 e. The van der Waals surface area contributed by atoms with E-state index in [2.05, 4.69) is 30.6 Å². The number of hydrogen-bond donors (Lipinski definition) is 0. The van der Waals surface area contributed by atoms with Gasteiger partial charge in [0.05, 0.1) is 0 Å². The topological polar surface area (TPSA) is 6.48 Å². The summed E-state index contributed by atoms with van der Waals surface area (Å²) in [7, 11) is 0. The Labute approximate surface area is 125 Å². The van der Waals surface area contributed by atoms with Crippen LogP contribution in [-0.2, 0) is 0 Å². The number of piperazine rings is 1. The summed E-state index contributed by atoms with van der Waals surface area (Å²) < 4.78 is 0. The molecule has 2 heteroatoms. The zero-order valence-electron chi connectivity index (χ0n) is 13.9. The molecule has 3 fully saturated rings. The van der Waals surface area contributed by atoms with Gasteiger partial charge in [0.2, 0.25) is 0 Å². The van der Waals surface area contributed by atoms with Crippen LogP contribution < -0.4 is 0 Å². The molecule has 2 saturated heterocycles. The van der Waals surface area contributed by atoms with Gasteiger partial charge in [-0.3, -0.25) is 9.80 Å². The molecule has 3 aliphatic rings. The molecule has 0 radical (unpaired) electrons. The summed E-state index contributed by atoms with van der Waals surface area (Å²) in [5.74, 6) is 1.81. The van der Waals surface area contributed by atoms with E-state index in [1.165, 1.54) is 64.6 Å². The highest BCUT2D eigenvalue weighted by Gasteiger charge is 2.41. The molecule has 0 aromatic rings. The Balaban J connectivity index is 1.71. The average Bonchev–Trinajstić information content (AvgIpc) is 2.93. The van der Waals surface area contributed by atoms with Crippen molar-refractivity contribution in [3.8, 4) is 0 Å². The molecule has 0 aromatic heterocycles. The summed E-state index contributed by atoms with van der Waals surface area (Å²) in [5.41, 5.74) is 0. The minimum Gasteiger partial charge on any atom is -0.298 e. The van der Waals surface area contributed by atoms with Gasteiger partial charge in [0, 0.05) is 31.2 Å². The first-order valence-corrected chi connectivity index (χ1v) is 9.18. The summed E-state index contributed by atoms with van der Waals surface area (Å²) in [6, 6.07) is 2.58. The quantitative estimate of drug-likeness (QED) is 0.775. The second-order valence-corrected chi connectivity index (χ2v) is 7.89. The molecule has 4 unspecified atom stereocenters. The maximum Gasteiger partial charge on any atom is 0.0249 e. The minimum absolute atomic E-state index is 0.804. The highest BCUT2D eigenvalue weighted by atomic mass is 15.3. The molecule has 0 aromatic carbocycles. The molecule has 2 aliphatic heterocycles. The maximum absolute atomic E-state index is 2.96. The summed E-state index contributed by atoms with van der Waals surface area (Å²) in [5, 5.41) is 0. The maximum atomic E-state index is 2.96. The van der Waals surface area contributed by atoms with Crippen molar-refractivity contribution in [2.75, 3.05) is 19.6 Å². The van der Waals surface area contributed by atoms with Gasteiger partial charge in [-0.25, -0.2) is 0 Å². The lowest BCUT2D eigenvalue weighted by atomic mass is 9.81. The van der Waals surface area contributed by atoms with E-state index in [1.807, 2.05) is 0 Å². The third-order valence-corrected chi connectivity index (χ3v) is 6.34. The fraction of sp³-hybridized carbons (Fsp3) is 1.00. The first-order chi connectivity index (χ1) is 9.69. The molecule has 0 spiro atoms. The Hall–Kier alpha value is -0.0800. The van der Waals surface area contributed by atoms with Crippen LogP contribution in [0.15, 0.2) is 0 Å². The van der Waals surface area contributed by atoms with Crippen LogP contribution in [-0.4, -0.2) is 47.6 Å². The van der Waals surface area contributed by atoms with Gasteiger partial charge in [0.25, 0.3) is 0 Å². The third kappa shape index (κ3) is 2.92. The first-order valence-electron chi connectivity index (χ1n) is 9.18. The molecule has 3 rings (SSSR count). The van der Waals surface area contributed by atoms with Crippen molar-refractivity contribution in [2.45, 2.75) is 83.8 Å². The van der Waals surface area contributed by atoms with Crippen molar-refractivity contribution in [3.05, 3.63) is 0 Å². The van der Waals surface area contributed by atoms with E-state index in [9.17, 15) is 0 Å². The van der Waals surface area contributed by atoms with Crippen LogP contribution in [0, 0.1) is 11.8 Å². The number of nitrogens with zero attached hydrogens (tertiary/aromatic N) is 2. The smallest absolute Gasteiger partial charge is 0.0249 e. The van der Waals surface area contributed by atoms with E-state index in [0.29, 0.717) is 0 Å². The minimum atomic E-state index is 0.804. The fourth-order valence-corrected chi connectivity index (χ4v) is 5.01. The van der Waals surface area contributed by atoms with E-state index in [0.717, 1.165) is 30.0 Å². The van der Waals surface area contributed by atoms with E-state index < -0.39 is 0 Å². The predicted octanol–water partition coefficient (Wildman–Crippen LogP) is 3.76. The van der Waals surface area contributed by atoms with Gasteiger partial charge in [-0.15, -0.1) is 0 Å². The average molecular weight is 278 g/mol. The monoisotopic (exact) mass is 278 g/mol. The zero-order valence-corrected chi connectivity index (χ0v) is 13.9. The van der Waals surface area contributed by atoms with Crippen LogP contribution >= 0.6 is 0 Å². The molecule has 4 atom stereocenters. The van der Waals surface area contributed by atoms with Gasteiger partial charge in [-0.2, -0.15) is 0 Å². The fourth-order valence-electron chi connectivity index (χ4n) is 5.01. The molecule has 2 heterocycles. The highest BCUT2D eigenvalue weighted by molar-refractivity contribution is 4.96. The lowest BCUT2D eigenvalue weighted by Gasteiger charge is -2.50. The van der Waals surface area contributed by atoms with Crippen molar-refractivity contribution in [1.29, 1.82) is 0 Å².